The average molecular weight is 344 g/mol. The SMILES string of the molecule is C[C@H](NC(=O)c1ccccc1)C(=O)OCc1nc(N)nc(N(C)C)n1. The fourth-order valence-corrected chi connectivity index (χ4v) is 1.88. The van der Waals surface area contributed by atoms with Crippen LogP contribution in [-0.4, -0.2) is 47.0 Å². The number of amides is 1. The lowest BCUT2D eigenvalue weighted by Gasteiger charge is -2.14. The van der Waals surface area contributed by atoms with Crippen LogP contribution in [-0.2, 0) is 16.1 Å². The van der Waals surface area contributed by atoms with Crippen LogP contribution in [0.15, 0.2) is 30.3 Å². The van der Waals surface area contributed by atoms with Gasteiger partial charge in [0.05, 0.1) is 0 Å². The minimum Gasteiger partial charge on any atom is -0.456 e. The van der Waals surface area contributed by atoms with Gasteiger partial charge in [-0.1, -0.05) is 18.2 Å². The molecule has 9 heteroatoms. The van der Waals surface area contributed by atoms with E-state index in [2.05, 4.69) is 20.3 Å². The van der Waals surface area contributed by atoms with E-state index >= 15 is 0 Å². The molecule has 1 aromatic heterocycles. The monoisotopic (exact) mass is 344 g/mol. The molecule has 0 unspecified atom stereocenters. The van der Waals surface area contributed by atoms with Crippen molar-refractivity contribution in [3.8, 4) is 0 Å². The van der Waals surface area contributed by atoms with Gasteiger partial charge in [0, 0.05) is 19.7 Å². The van der Waals surface area contributed by atoms with Crippen LogP contribution in [0.1, 0.15) is 23.1 Å². The van der Waals surface area contributed by atoms with Gasteiger partial charge in [0.2, 0.25) is 11.9 Å². The maximum absolute atomic E-state index is 12.0. The van der Waals surface area contributed by atoms with Crippen LogP contribution >= 0.6 is 0 Å². The molecule has 0 aliphatic rings. The molecule has 0 spiro atoms. The number of nitrogens with two attached hydrogens (primary N) is 1. The first-order chi connectivity index (χ1) is 11.9. The van der Waals surface area contributed by atoms with Crippen molar-refractivity contribution in [3.05, 3.63) is 41.7 Å². The van der Waals surface area contributed by atoms with Gasteiger partial charge in [0.1, 0.15) is 6.04 Å². The van der Waals surface area contributed by atoms with Crippen molar-refractivity contribution in [2.45, 2.75) is 19.6 Å². The maximum Gasteiger partial charge on any atom is 0.328 e. The summed E-state index contributed by atoms with van der Waals surface area (Å²) in [5, 5.41) is 2.57. The maximum atomic E-state index is 12.0. The Labute approximate surface area is 145 Å². The normalized spacial score (nSPS) is 11.5. The molecule has 0 fully saturated rings. The van der Waals surface area contributed by atoms with Crippen LogP contribution in [0, 0.1) is 0 Å². The summed E-state index contributed by atoms with van der Waals surface area (Å²) in [6.45, 7) is 1.37. The topological polar surface area (TPSA) is 123 Å². The van der Waals surface area contributed by atoms with E-state index in [-0.39, 0.29) is 24.3 Å². The van der Waals surface area contributed by atoms with Gasteiger partial charge in [-0.3, -0.25) is 4.79 Å². The van der Waals surface area contributed by atoms with Gasteiger partial charge in [0.25, 0.3) is 5.91 Å². The summed E-state index contributed by atoms with van der Waals surface area (Å²) < 4.78 is 5.14. The first kappa shape index (κ1) is 18.1. The second-order valence-corrected chi connectivity index (χ2v) is 5.47. The van der Waals surface area contributed by atoms with Crippen molar-refractivity contribution in [2.75, 3.05) is 24.7 Å². The molecule has 1 aromatic carbocycles. The Kier molecular flexibility index (Phi) is 5.83. The van der Waals surface area contributed by atoms with Crippen molar-refractivity contribution in [1.29, 1.82) is 0 Å². The van der Waals surface area contributed by atoms with E-state index in [4.69, 9.17) is 10.5 Å². The third kappa shape index (κ3) is 5.13. The molecule has 0 saturated heterocycles. The van der Waals surface area contributed by atoms with Crippen LogP contribution in [0.2, 0.25) is 0 Å². The zero-order chi connectivity index (χ0) is 18.4. The first-order valence-electron chi connectivity index (χ1n) is 7.57. The highest BCUT2D eigenvalue weighted by Crippen LogP contribution is 2.07. The molecule has 0 radical (unpaired) electrons. The zero-order valence-corrected chi connectivity index (χ0v) is 14.3. The van der Waals surface area contributed by atoms with Crippen LogP contribution < -0.4 is 16.0 Å². The predicted molar refractivity (Wildman–Crippen MR) is 91.7 cm³/mol. The smallest absolute Gasteiger partial charge is 0.328 e. The fraction of sp³-hybridized carbons (Fsp3) is 0.312. The lowest BCUT2D eigenvalue weighted by Crippen LogP contribution is -2.39. The molecule has 132 valence electrons. The number of nitrogens with one attached hydrogen (secondary N) is 1. The van der Waals surface area contributed by atoms with Gasteiger partial charge in [0.15, 0.2) is 12.4 Å². The Balaban J connectivity index is 1.92. The number of carbonyl (C=O) groups excluding carboxylic acids is 2. The number of rotatable bonds is 6. The Morgan fingerprint density at radius 2 is 1.88 bits per heavy atom. The highest BCUT2D eigenvalue weighted by Gasteiger charge is 2.18. The average Bonchev–Trinajstić information content (AvgIpc) is 2.59. The van der Waals surface area contributed by atoms with Gasteiger partial charge in [-0.2, -0.15) is 15.0 Å². The van der Waals surface area contributed by atoms with Crippen molar-refractivity contribution in [2.24, 2.45) is 0 Å². The largest absolute Gasteiger partial charge is 0.456 e. The number of hydrogen-bond donors (Lipinski definition) is 2. The van der Waals surface area contributed by atoms with Crippen molar-refractivity contribution < 1.29 is 14.3 Å². The molecule has 1 heterocycles. The number of carbonyl (C=O) groups is 2. The Bertz CT molecular complexity index is 751. The number of nitrogen functional groups attached to an aromatic ring is 1. The molecule has 0 aliphatic heterocycles. The summed E-state index contributed by atoms with van der Waals surface area (Å²) in [4.78, 5) is 37.7. The van der Waals surface area contributed by atoms with Crippen molar-refractivity contribution in [1.82, 2.24) is 20.3 Å². The van der Waals surface area contributed by atoms with E-state index in [9.17, 15) is 9.59 Å². The zero-order valence-electron chi connectivity index (χ0n) is 14.3. The van der Waals surface area contributed by atoms with E-state index < -0.39 is 12.0 Å². The van der Waals surface area contributed by atoms with E-state index in [0.717, 1.165) is 0 Å². The van der Waals surface area contributed by atoms with Crippen LogP contribution in [0.5, 0.6) is 0 Å². The number of benzene rings is 1. The molecule has 2 aromatic rings. The van der Waals surface area contributed by atoms with Gasteiger partial charge < -0.3 is 20.7 Å². The standard InChI is InChI=1S/C16H20N6O3/c1-10(18-13(23)11-7-5-4-6-8-11)14(24)25-9-12-19-15(17)21-16(20-12)22(2)3/h4-8,10H,9H2,1-3H3,(H,18,23)(H2,17,19,20,21)/t10-/m0/s1. The Morgan fingerprint density at radius 3 is 2.52 bits per heavy atom. The number of hydrogen-bond acceptors (Lipinski definition) is 8. The van der Waals surface area contributed by atoms with Gasteiger partial charge >= 0.3 is 5.97 Å². The molecule has 1 amide bonds. The molecule has 0 saturated carbocycles. The molecule has 0 bridgehead atoms. The van der Waals surface area contributed by atoms with Gasteiger partial charge in [-0.25, -0.2) is 4.79 Å². The van der Waals surface area contributed by atoms with E-state index in [1.54, 1.807) is 49.3 Å². The Morgan fingerprint density at radius 1 is 1.20 bits per heavy atom. The third-order valence-corrected chi connectivity index (χ3v) is 3.17. The van der Waals surface area contributed by atoms with Gasteiger partial charge in [-0.15, -0.1) is 0 Å². The molecule has 0 aliphatic carbocycles. The summed E-state index contributed by atoms with van der Waals surface area (Å²) in [5.74, 6) is -0.329. The van der Waals surface area contributed by atoms with Crippen LogP contribution in [0.4, 0.5) is 11.9 Å². The second-order valence-electron chi connectivity index (χ2n) is 5.47. The molecule has 25 heavy (non-hydrogen) atoms. The van der Waals surface area contributed by atoms with E-state index in [0.29, 0.717) is 11.5 Å². The lowest BCUT2D eigenvalue weighted by molar-refractivity contribution is -0.147. The first-order valence-corrected chi connectivity index (χ1v) is 7.57. The van der Waals surface area contributed by atoms with Crippen LogP contribution in [0.25, 0.3) is 0 Å². The van der Waals surface area contributed by atoms with Crippen molar-refractivity contribution in [3.63, 3.8) is 0 Å². The predicted octanol–water partition coefficient (Wildman–Crippen LogP) is 0.382. The van der Waals surface area contributed by atoms with Crippen LogP contribution in [0.3, 0.4) is 0 Å². The summed E-state index contributed by atoms with van der Waals surface area (Å²) in [6, 6.07) is 7.78. The molecular formula is C16H20N6O3. The summed E-state index contributed by atoms with van der Waals surface area (Å²) in [6.07, 6.45) is 0. The number of ether oxygens (including phenoxy) is 1. The fourth-order valence-electron chi connectivity index (χ4n) is 1.88. The highest BCUT2D eigenvalue weighted by atomic mass is 16.5. The summed E-state index contributed by atoms with van der Waals surface area (Å²) in [7, 11) is 3.51. The van der Waals surface area contributed by atoms with E-state index in [1.165, 1.54) is 6.92 Å². The quantitative estimate of drug-likeness (QED) is 0.721. The minimum absolute atomic E-state index is 0.0372. The third-order valence-electron chi connectivity index (χ3n) is 3.17. The summed E-state index contributed by atoms with van der Waals surface area (Å²) >= 11 is 0. The minimum atomic E-state index is -0.819. The molecule has 3 N–H and O–H groups in total. The lowest BCUT2D eigenvalue weighted by atomic mass is 10.2. The second kappa shape index (κ2) is 8.04. The number of nitrogens with zero attached hydrogens (tertiary/aromatic N) is 4. The van der Waals surface area contributed by atoms with E-state index in [1.807, 2.05) is 0 Å². The van der Waals surface area contributed by atoms with Gasteiger partial charge in [-0.05, 0) is 19.1 Å². The number of esters is 1. The molecule has 9 nitrogen and oxygen atoms in total. The molecular weight excluding hydrogens is 324 g/mol. The number of aromatic nitrogens is 3. The van der Waals surface area contributed by atoms with Crippen molar-refractivity contribution >= 4 is 23.8 Å². The highest BCUT2D eigenvalue weighted by molar-refractivity contribution is 5.96. The number of anilines is 2. The molecule has 1 atom stereocenters. The summed E-state index contributed by atoms with van der Waals surface area (Å²) in [5.41, 5.74) is 6.07. The Hall–Kier alpha value is -3.23. The molecule has 2 rings (SSSR count).